The number of nitrogens with two attached hydrogens (primary N) is 1. The fourth-order valence-corrected chi connectivity index (χ4v) is 4.23. The van der Waals surface area contributed by atoms with Crippen LogP contribution in [-0.2, 0) is 0 Å². The molecule has 4 aromatic rings. The molecule has 4 N–H and O–H groups in total. The van der Waals surface area contributed by atoms with Crippen LogP contribution >= 0.6 is 0 Å². The molecule has 184 valence electrons. The smallest absolute Gasteiger partial charge is 0.266 e. The number of nitrogen functional groups attached to an aromatic ring is 1. The minimum Gasteiger partial charge on any atom is -0.392 e. The average molecular weight is 483 g/mol. The quantitative estimate of drug-likeness (QED) is 0.316. The van der Waals surface area contributed by atoms with Crippen molar-refractivity contribution in [2.45, 2.75) is 33.2 Å². The van der Waals surface area contributed by atoms with Crippen molar-refractivity contribution in [3.8, 4) is 5.69 Å². The summed E-state index contributed by atoms with van der Waals surface area (Å²) in [4.78, 5) is 27.5. The molecular weight excluding hydrogens is 452 g/mol. The molecule has 2 heterocycles. The highest BCUT2D eigenvalue weighted by Crippen LogP contribution is 2.28. The van der Waals surface area contributed by atoms with Crippen molar-refractivity contribution in [2.24, 2.45) is 0 Å². The Bertz CT molecular complexity index is 1510. The Labute approximate surface area is 209 Å². The number of nitrogens with zero attached hydrogens (tertiary/aromatic N) is 4. The van der Waals surface area contributed by atoms with Crippen LogP contribution < -0.4 is 16.6 Å². The molecule has 0 saturated heterocycles. The number of benzene rings is 2. The molecule has 36 heavy (non-hydrogen) atoms. The molecule has 0 amide bonds. The average Bonchev–Trinajstić information content (AvgIpc) is 2.87. The summed E-state index contributed by atoms with van der Waals surface area (Å²) in [5.41, 5.74) is 10.0. The van der Waals surface area contributed by atoms with Crippen LogP contribution in [0.3, 0.4) is 0 Å². The van der Waals surface area contributed by atoms with Crippen LogP contribution in [0.5, 0.6) is 0 Å². The number of fused-ring (bicyclic) bond motifs is 1. The fourth-order valence-electron chi connectivity index (χ4n) is 4.23. The van der Waals surface area contributed by atoms with Gasteiger partial charge in [0.25, 0.3) is 5.56 Å². The zero-order chi connectivity index (χ0) is 25.8. The monoisotopic (exact) mass is 482 g/mol. The number of aromatic nitrogens is 4. The number of rotatable bonds is 8. The van der Waals surface area contributed by atoms with E-state index in [2.05, 4.69) is 21.9 Å². The van der Waals surface area contributed by atoms with Crippen molar-refractivity contribution >= 4 is 28.7 Å². The topological polar surface area (TPSA) is 119 Å². The third-order valence-corrected chi connectivity index (χ3v) is 6.11. The van der Waals surface area contributed by atoms with Crippen molar-refractivity contribution < 1.29 is 5.11 Å². The summed E-state index contributed by atoms with van der Waals surface area (Å²) in [6, 6.07) is 14.8. The second-order valence-electron chi connectivity index (χ2n) is 8.53. The molecule has 0 aliphatic heterocycles. The number of anilines is 2. The molecule has 8 heteroatoms. The number of para-hydroxylation sites is 1. The minimum atomic E-state index is -0.384. The highest BCUT2D eigenvalue weighted by molar-refractivity contribution is 5.81. The van der Waals surface area contributed by atoms with Gasteiger partial charge in [-0.25, -0.2) is 9.97 Å². The van der Waals surface area contributed by atoms with E-state index < -0.39 is 0 Å². The molecule has 1 unspecified atom stereocenters. The highest BCUT2D eigenvalue weighted by Gasteiger charge is 2.23. The van der Waals surface area contributed by atoms with Gasteiger partial charge >= 0.3 is 0 Å². The Hall–Kier alpha value is -4.30. The van der Waals surface area contributed by atoms with Gasteiger partial charge in [0.2, 0.25) is 5.95 Å². The van der Waals surface area contributed by atoms with Gasteiger partial charge in [0.1, 0.15) is 11.6 Å². The summed E-state index contributed by atoms with van der Waals surface area (Å²) < 4.78 is 1.66. The van der Waals surface area contributed by atoms with Crippen LogP contribution in [-0.4, -0.2) is 31.2 Å². The molecule has 2 aromatic heterocycles. The molecule has 0 aliphatic rings. The Kier molecular flexibility index (Phi) is 7.26. The lowest BCUT2D eigenvalue weighted by Gasteiger charge is -2.23. The number of aliphatic hydroxyl groups excluding tert-OH is 1. The van der Waals surface area contributed by atoms with Crippen LogP contribution in [0.2, 0.25) is 0 Å². The summed E-state index contributed by atoms with van der Waals surface area (Å²) in [5, 5.41) is 13.7. The first-order chi connectivity index (χ1) is 17.4. The minimum absolute atomic E-state index is 0.119. The number of hydrogen-bond donors (Lipinski definition) is 3. The molecule has 4 rings (SSSR count). The molecular formula is C28H30N6O2. The molecule has 8 nitrogen and oxygen atoms in total. The maximum Gasteiger partial charge on any atom is 0.266 e. The highest BCUT2D eigenvalue weighted by atomic mass is 16.3. The molecule has 0 saturated carbocycles. The normalized spacial score (nSPS) is 12.5. The maximum absolute atomic E-state index is 13.8. The molecule has 0 spiro atoms. The number of aliphatic hydroxyl groups is 1. The third kappa shape index (κ3) is 4.76. The summed E-state index contributed by atoms with van der Waals surface area (Å²) >= 11 is 0. The first-order valence-electron chi connectivity index (χ1n) is 11.8. The van der Waals surface area contributed by atoms with E-state index in [0.29, 0.717) is 45.8 Å². The molecule has 0 bridgehead atoms. The summed E-state index contributed by atoms with van der Waals surface area (Å²) in [6.45, 7) is 9.33. The van der Waals surface area contributed by atoms with E-state index in [-0.39, 0.29) is 24.2 Å². The third-order valence-electron chi connectivity index (χ3n) is 6.11. The van der Waals surface area contributed by atoms with Crippen LogP contribution in [0, 0.1) is 13.8 Å². The van der Waals surface area contributed by atoms with Gasteiger partial charge in [-0.05, 0) is 55.7 Å². The Morgan fingerprint density at radius 1 is 1.14 bits per heavy atom. The maximum atomic E-state index is 13.8. The first kappa shape index (κ1) is 24.8. The number of nitrogens with one attached hydrogen (secondary N) is 1. The second-order valence-corrected chi connectivity index (χ2v) is 8.53. The molecule has 2 aromatic carbocycles. The van der Waals surface area contributed by atoms with Gasteiger partial charge in [-0.15, -0.1) is 0 Å². The van der Waals surface area contributed by atoms with Gasteiger partial charge in [0.15, 0.2) is 0 Å². The van der Waals surface area contributed by atoms with Crippen molar-refractivity contribution in [1.29, 1.82) is 0 Å². The SMILES string of the molecule is C=C/C(=C/c1c(C)nc(N)nc1NC(CC)c1nc2cccc(C)c2c(=O)n1-c1ccccc1)CO. The number of aryl methyl sites for hydroxylation is 2. The van der Waals surface area contributed by atoms with Gasteiger partial charge in [-0.2, -0.15) is 4.98 Å². The lowest BCUT2D eigenvalue weighted by atomic mass is 10.1. The summed E-state index contributed by atoms with van der Waals surface area (Å²) in [5.74, 6) is 1.16. The van der Waals surface area contributed by atoms with Gasteiger partial charge in [0.05, 0.1) is 34.9 Å². The van der Waals surface area contributed by atoms with Crippen molar-refractivity contribution in [3.63, 3.8) is 0 Å². The summed E-state index contributed by atoms with van der Waals surface area (Å²) in [6.07, 6.45) is 3.96. The molecule has 0 aliphatic carbocycles. The standard InChI is InChI=1S/C28H30N6O2/c1-5-19(16-35)15-21-18(4)30-28(29)33-25(21)31-22(6-2)26-32-23-14-10-11-17(3)24(23)27(36)34(26)20-12-8-7-9-13-20/h5,7-15,22,35H,1,6,16H2,2-4H3,(H3,29,30,31,33)/b19-15-. The fraction of sp³-hybridized carbons (Fsp3) is 0.214. The largest absolute Gasteiger partial charge is 0.392 e. The van der Waals surface area contributed by atoms with Gasteiger partial charge in [-0.1, -0.05) is 49.9 Å². The Morgan fingerprint density at radius 3 is 2.56 bits per heavy atom. The zero-order valence-electron chi connectivity index (χ0n) is 20.7. The van der Waals surface area contributed by atoms with E-state index in [4.69, 9.17) is 10.7 Å². The van der Waals surface area contributed by atoms with Crippen LogP contribution in [0.4, 0.5) is 11.8 Å². The van der Waals surface area contributed by atoms with E-state index >= 15 is 0 Å². The van der Waals surface area contributed by atoms with E-state index in [1.54, 1.807) is 16.7 Å². The number of hydrogen-bond acceptors (Lipinski definition) is 7. The van der Waals surface area contributed by atoms with E-state index in [9.17, 15) is 9.90 Å². The van der Waals surface area contributed by atoms with E-state index in [0.717, 1.165) is 11.3 Å². The Morgan fingerprint density at radius 2 is 1.89 bits per heavy atom. The molecule has 0 fully saturated rings. The van der Waals surface area contributed by atoms with E-state index in [1.165, 1.54) is 0 Å². The van der Waals surface area contributed by atoms with Crippen LogP contribution in [0.1, 0.15) is 42.0 Å². The van der Waals surface area contributed by atoms with Crippen molar-refractivity contribution in [1.82, 2.24) is 19.5 Å². The van der Waals surface area contributed by atoms with Crippen LogP contribution in [0.15, 0.2) is 71.6 Å². The summed E-state index contributed by atoms with van der Waals surface area (Å²) in [7, 11) is 0. The molecule has 1 atom stereocenters. The lowest BCUT2D eigenvalue weighted by Crippen LogP contribution is -2.29. The Balaban J connectivity index is 1.95. The first-order valence-corrected chi connectivity index (χ1v) is 11.8. The van der Waals surface area contributed by atoms with Crippen molar-refractivity contribution in [3.05, 3.63) is 99.8 Å². The predicted octanol–water partition coefficient (Wildman–Crippen LogP) is 4.50. The second kappa shape index (κ2) is 10.5. The van der Waals surface area contributed by atoms with Crippen LogP contribution in [0.25, 0.3) is 22.7 Å². The predicted molar refractivity (Wildman–Crippen MR) is 145 cm³/mol. The van der Waals surface area contributed by atoms with Gasteiger partial charge in [0, 0.05) is 5.56 Å². The van der Waals surface area contributed by atoms with Gasteiger partial charge in [-0.3, -0.25) is 9.36 Å². The lowest BCUT2D eigenvalue weighted by molar-refractivity contribution is 0.336. The zero-order valence-corrected chi connectivity index (χ0v) is 20.7. The molecule has 0 radical (unpaired) electrons. The van der Waals surface area contributed by atoms with Crippen molar-refractivity contribution in [2.75, 3.05) is 17.7 Å². The van der Waals surface area contributed by atoms with Gasteiger partial charge < -0.3 is 16.2 Å². The van der Waals surface area contributed by atoms with E-state index in [1.807, 2.05) is 69.3 Å².